The van der Waals surface area contributed by atoms with E-state index >= 15 is 0 Å². The number of aromatic hydroxyl groups is 1. The first kappa shape index (κ1) is 15.3. The summed E-state index contributed by atoms with van der Waals surface area (Å²) in [5, 5.41) is 40.9. The largest absolute Gasteiger partial charge is 0.508 e. The summed E-state index contributed by atoms with van der Waals surface area (Å²) in [4.78, 5) is 0. The maximum Gasteiger partial charge on any atom is 0.115 e. The molecule has 1 aliphatic rings. The van der Waals surface area contributed by atoms with Crippen LogP contribution in [0.2, 0.25) is 0 Å². The molecule has 1 saturated heterocycles. The van der Waals surface area contributed by atoms with Crippen LogP contribution in [0.5, 0.6) is 5.75 Å². The molecule has 1 aromatic rings. The number of phenols is 1. The molecule has 0 radical (unpaired) electrons. The fourth-order valence-corrected chi connectivity index (χ4v) is 2.72. The Kier molecular flexibility index (Phi) is 5.37. The molecule has 2 rings (SSSR count). The summed E-state index contributed by atoms with van der Waals surface area (Å²) in [6, 6.07) is 6.60. The van der Waals surface area contributed by atoms with Crippen molar-refractivity contribution in [1.82, 2.24) is 5.32 Å². The van der Waals surface area contributed by atoms with E-state index in [1.165, 1.54) is 5.56 Å². The van der Waals surface area contributed by atoms with Crippen molar-refractivity contribution >= 4 is 0 Å². The van der Waals surface area contributed by atoms with Gasteiger partial charge >= 0.3 is 0 Å². The predicted octanol–water partition coefficient (Wildman–Crippen LogP) is 0.159. The van der Waals surface area contributed by atoms with Gasteiger partial charge in [-0.2, -0.15) is 0 Å². The van der Waals surface area contributed by atoms with Crippen LogP contribution in [0.15, 0.2) is 24.3 Å². The van der Waals surface area contributed by atoms with E-state index in [-0.39, 0.29) is 18.4 Å². The molecule has 0 unspecified atom stereocenters. The highest BCUT2D eigenvalue weighted by Crippen LogP contribution is 2.19. The molecule has 0 amide bonds. The molecule has 1 heterocycles. The van der Waals surface area contributed by atoms with Gasteiger partial charge in [-0.3, -0.25) is 0 Å². The predicted molar refractivity (Wildman–Crippen MR) is 75.5 cm³/mol. The van der Waals surface area contributed by atoms with Crippen LogP contribution < -0.4 is 5.32 Å². The Morgan fingerprint density at radius 2 is 1.60 bits per heavy atom. The molecule has 5 N–H and O–H groups in total. The second-order valence-corrected chi connectivity index (χ2v) is 5.46. The third-order valence-corrected chi connectivity index (χ3v) is 3.97. The number of benzene rings is 1. The van der Waals surface area contributed by atoms with Crippen LogP contribution in [0, 0.1) is 0 Å². The highest BCUT2D eigenvalue weighted by molar-refractivity contribution is 5.25. The summed E-state index contributed by atoms with van der Waals surface area (Å²) < 4.78 is 0. The van der Waals surface area contributed by atoms with E-state index in [2.05, 4.69) is 5.32 Å². The summed E-state index contributed by atoms with van der Waals surface area (Å²) in [5.41, 5.74) is 1.18. The van der Waals surface area contributed by atoms with Crippen LogP contribution >= 0.6 is 0 Å². The zero-order chi connectivity index (χ0) is 14.5. The van der Waals surface area contributed by atoms with Gasteiger partial charge in [0.15, 0.2) is 0 Å². The molecule has 5 heteroatoms. The first-order valence-corrected chi connectivity index (χ1v) is 7.12. The smallest absolute Gasteiger partial charge is 0.115 e. The van der Waals surface area contributed by atoms with Crippen LogP contribution in [0.25, 0.3) is 0 Å². The molecule has 1 fully saturated rings. The van der Waals surface area contributed by atoms with E-state index in [4.69, 9.17) is 5.11 Å². The maximum atomic E-state index is 9.85. The average Bonchev–Trinajstić information content (AvgIpc) is 2.73. The molecule has 0 aromatic heterocycles. The molecule has 1 aliphatic heterocycles. The van der Waals surface area contributed by atoms with Crippen molar-refractivity contribution in [3.05, 3.63) is 29.8 Å². The lowest BCUT2D eigenvalue weighted by Crippen LogP contribution is -2.36. The Morgan fingerprint density at radius 3 is 2.20 bits per heavy atom. The molecule has 0 bridgehead atoms. The fourth-order valence-electron chi connectivity index (χ4n) is 2.72. The minimum absolute atomic E-state index is 0.151. The van der Waals surface area contributed by atoms with Gasteiger partial charge in [0.1, 0.15) is 5.75 Å². The maximum absolute atomic E-state index is 9.85. The lowest BCUT2D eigenvalue weighted by atomic mass is 10.0. The van der Waals surface area contributed by atoms with Crippen molar-refractivity contribution in [1.29, 1.82) is 0 Å². The van der Waals surface area contributed by atoms with Crippen molar-refractivity contribution in [2.45, 2.75) is 50.0 Å². The zero-order valence-electron chi connectivity index (χ0n) is 11.4. The number of aliphatic hydroxyl groups is 3. The van der Waals surface area contributed by atoms with E-state index in [0.717, 1.165) is 25.7 Å². The summed E-state index contributed by atoms with van der Waals surface area (Å²) in [7, 11) is 0. The number of unbranched alkanes of at least 4 members (excludes halogenated alkanes) is 1. The summed E-state index contributed by atoms with van der Waals surface area (Å²) >= 11 is 0. The molecule has 0 spiro atoms. The van der Waals surface area contributed by atoms with Crippen molar-refractivity contribution < 1.29 is 20.4 Å². The lowest BCUT2D eigenvalue weighted by molar-refractivity contribution is 0.0186. The number of rotatable bonds is 6. The van der Waals surface area contributed by atoms with Gasteiger partial charge in [-0.05, 0) is 37.0 Å². The van der Waals surface area contributed by atoms with Crippen LogP contribution in [-0.4, -0.2) is 51.3 Å². The molecule has 1 aromatic carbocycles. The van der Waals surface area contributed by atoms with E-state index in [1.807, 2.05) is 12.1 Å². The number of hydrogen-bond acceptors (Lipinski definition) is 5. The Hall–Kier alpha value is -1.14. The van der Waals surface area contributed by atoms with Gasteiger partial charge < -0.3 is 25.7 Å². The normalized spacial score (nSPS) is 29.8. The van der Waals surface area contributed by atoms with Crippen LogP contribution in [-0.2, 0) is 6.42 Å². The number of phenolic OH excluding ortho intramolecular Hbond substituents is 1. The van der Waals surface area contributed by atoms with Gasteiger partial charge in [0, 0.05) is 6.04 Å². The highest BCUT2D eigenvalue weighted by Gasteiger charge is 2.39. The van der Waals surface area contributed by atoms with Gasteiger partial charge in [-0.1, -0.05) is 18.6 Å². The minimum atomic E-state index is -0.887. The average molecular weight is 281 g/mol. The summed E-state index contributed by atoms with van der Waals surface area (Å²) in [5.74, 6) is 0.274. The summed E-state index contributed by atoms with van der Waals surface area (Å²) in [6.45, 7) is -0.164. The number of aryl methyl sites for hydroxylation is 1. The first-order chi connectivity index (χ1) is 9.61. The van der Waals surface area contributed by atoms with Gasteiger partial charge in [-0.15, -0.1) is 0 Å². The number of aliphatic hydroxyl groups excluding tert-OH is 3. The van der Waals surface area contributed by atoms with Crippen LogP contribution in [0.4, 0.5) is 0 Å². The zero-order valence-corrected chi connectivity index (χ0v) is 11.4. The van der Waals surface area contributed by atoms with Crippen LogP contribution in [0.1, 0.15) is 24.8 Å². The van der Waals surface area contributed by atoms with Gasteiger partial charge in [0.2, 0.25) is 0 Å². The Balaban J connectivity index is 1.70. The van der Waals surface area contributed by atoms with Crippen LogP contribution in [0.3, 0.4) is 0 Å². The van der Waals surface area contributed by atoms with Crippen molar-refractivity contribution in [2.24, 2.45) is 0 Å². The standard InChI is InChI=1S/C15H23NO4/c17-9-13-15(20)14(19)12(16-13)4-2-1-3-10-5-7-11(18)8-6-10/h5-8,12-20H,1-4,9H2/t12-,13-,14-,15-/m0/s1. The molecule has 4 atom stereocenters. The minimum Gasteiger partial charge on any atom is -0.508 e. The van der Waals surface area contributed by atoms with Crippen molar-refractivity contribution in [2.75, 3.05) is 6.61 Å². The first-order valence-electron chi connectivity index (χ1n) is 7.12. The summed E-state index contributed by atoms with van der Waals surface area (Å²) in [6.07, 6.45) is 1.92. The molecule has 5 nitrogen and oxygen atoms in total. The third kappa shape index (κ3) is 3.70. The van der Waals surface area contributed by atoms with Gasteiger partial charge in [-0.25, -0.2) is 0 Å². The van der Waals surface area contributed by atoms with E-state index in [0.29, 0.717) is 0 Å². The van der Waals surface area contributed by atoms with Crippen molar-refractivity contribution in [3.8, 4) is 5.75 Å². The molecule has 0 aliphatic carbocycles. The Morgan fingerprint density at radius 1 is 0.950 bits per heavy atom. The van der Waals surface area contributed by atoms with E-state index < -0.39 is 18.2 Å². The molecular weight excluding hydrogens is 258 g/mol. The van der Waals surface area contributed by atoms with Crippen molar-refractivity contribution in [3.63, 3.8) is 0 Å². The Bertz CT molecular complexity index is 409. The lowest BCUT2D eigenvalue weighted by Gasteiger charge is -2.15. The molecule has 0 saturated carbocycles. The SMILES string of the molecule is OC[C@@H]1N[C@@H](CCCCc2ccc(O)cc2)[C@H](O)[C@H]1O. The Labute approximate surface area is 118 Å². The topological polar surface area (TPSA) is 93.0 Å². The molecule has 20 heavy (non-hydrogen) atoms. The number of hydrogen-bond donors (Lipinski definition) is 5. The molecular formula is C15H23NO4. The fraction of sp³-hybridized carbons (Fsp3) is 0.600. The van der Waals surface area contributed by atoms with Gasteiger partial charge in [0.25, 0.3) is 0 Å². The number of nitrogens with one attached hydrogen (secondary N) is 1. The van der Waals surface area contributed by atoms with Gasteiger partial charge in [0.05, 0.1) is 24.9 Å². The quantitative estimate of drug-likeness (QED) is 0.479. The van der Waals surface area contributed by atoms with E-state index in [1.54, 1.807) is 12.1 Å². The second kappa shape index (κ2) is 7.04. The molecule has 112 valence electrons. The third-order valence-electron chi connectivity index (χ3n) is 3.97. The second-order valence-electron chi connectivity index (χ2n) is 5.46. The monoisotopic (exact) mass is 281 g/mol. The highest BCUT2D eigenvalue weighted by atomic mass is 16.3. The van der Waals surface area contributed by atoms with E-state index in [9.17, 15) is 15.3 Å².